The smallest absolute Gasteiger partial charge is 0.0712 e. The summed E-state index contributed by atoms with van der Waals surface area (Å²) in [6, 6.07) is 92.4. The molecule has 3 aliphatic carbocycles. The van der Waals surface area contributed by atoms with Gasteiger partial charge in [-0.2, -0.15) is 0 Å². The van der Waals surface area contributed by atoms with Crippen molar-refractivity contribution in [2.75, 3.05) is 4.90 Å². The lowest BCUT2D eigenvalue weighted by Crippen LogP contribution is -2.51. The van der Waals surface area contributed by atoms with Gasteiger partial charge >= 0.3 is 0 Å². The first-order valence-electron chi connectivity index (χ1n) is 21.3. The molecule has 286 valence electrons. The lowest BCUT2D eigenvalue weighted by molar-refractivity contribution is 0.557. The third-order valence-electron chi connectivity index (χ3n) is 13.4. The molecule has 0 saturated carbocycles. The van der Waals surface area contributed by atoms with Crippen molar-refractivity contribution in [2.24, 2.45) is 0 Å². The van der Waals surface area contributed by atoms with E-state index in [4.69, 9.17) is 0 Å². The van der Waals surface area contributed by atoms with E-state index in [2.05, 4.69) is 254 Å². The Morgan fingerprint density at radius 3 is 1.13 bits per heavy atom. The van der Waals surface area contributed by atoms with Crippen LogP contribution in [0.15, 0.2) is 249 Å². The zero-order valence-electron chi connectivity index (χ0n) is 33.6. The zero-order valence-corrected chi connectivity index (χ0v) is 33.6. The van der Waals surface area contributed by atoms with E-state index in [0.717, 1.165) is 17.1 Å². The van der Waals surface area contributed by atoms with Gasteiger partial charge in [0.1, 0.15) is 0 Å². The molecule has 0 saturated heterocycles. The Morgan fingerprint density at radius 2 is 0.607 bits per heavy atom. The number of anilines is 3. The first-order valence-corrected chi connectivity index (χ1v) is 21.3. The van der Waals surface area contributed by atoms with Gasteiger partial charge in [0, 0.05) is 17.1 Å². The summed E-state index contributed by atoms with van der Waals surface area (Å²) in [6.45, 7) is 0. The molecule has 0 amide bonds. The van der Waals surface area contributed by atoms with Gasteiger partial charge in [0.2, 0.25) is 0 Å². The first kappa shape index (κ1) is 35.2. The van der Waals surface area contributed by atoms with Gasteiger partial charge in [0.15, 0.2) is 0 Å². The van der Waals surface area contributed by atoms with Gasteiger partial charge in [-0.1, -0.05) is 212 Å². The minimum Gasteiger partial charge on any atom is -0.310 e. The Labute approximate surface area is 357 Å². The molecule has 0 radical (unpaired) electrons. The van der Waals surface area contributed by atoms with E-state index >= 15 is 0 Å². The Morgan fingerprint density at radius 1 is 0.230 bits per heavy atom. The number of rotatable bonds is 7. The Kier molecular flexibility index (Phi) is 8.05. The van der Waals surface area contributed by atoms with Crippen LogP contribution in [0.4, 0.5) is 17.1 Å². The molecular formula is C60H41N. The molecule has 0 unspecified atom stereocenters. The van der Waals surface area contributed by atoms with Gasteiger partial charge in [0.05, 0.1) is 10.8 Å². The van der Waals surface area contributed by atoms with Crippen molar-refractivity contribution in [2.45, 2.75) is 10.8 Å². The van der Waals surface area contributed by atoms with E-state index in [9.17, 15) is 0 Å². The molecule has 0 aromatic heterocycles. The number of para-hydroxylation sites is 1. The molecule has 0 atom stereocenters. The van der Waals surface area contributed by atoms with Gasteiger partial charge < -0.3 is 4.90 Å². The maximum Gasteiger partial charge on any atom is 0.0712 e. The summed E-state index contributed by atoms with van der Waals surface area (Å²) >= 11 is 0. The third-order valence-corrected chi connectivity index (χ3v) is 13.4. The number of benzene rings is 10. The van der Waals surface area contributed by atoms with Crippen LogP contribution in [0.5, 0.6) is 0 Å². The van der Waals surface area contributed by atoms with Crippen LogP contribution in [0.3, 0.4) is 0 Å². The quantitative estimate of drug-likeness (QED) is 0.156. The molecule has 10 aromatic carbocycles. The number of hydrogen-bond acceptors (Lipinski definition) is 1. The molecule has 0 N–H and O–H groups in total. The number of fused-ring (bicyclic) bond motifs is 1. The second-order valence-corrected chi connectivity index (χ2v) is 16.4. The van der Waals surface area contributed by atoms with Crippen LogP contribution in [-0.4, -0.2) is 0 Å². The van der Waals surface area contributed by atoms with Crippen molar-refractivity contribution in [3.05, 3.63) is 293 Å². The van der Waals surface area contributed by atoms with E-state index < -0.39 is 10.8 Å². The largest absolute Gasteiger partial charge is 0.310 e. The lowest BCUT2D eigenvalue weighted by Gasteiger charge is -2.57. The van der Waals surface area contributed by atoms with Crippen molar-refractivity contribution in [1.29, 1.82) is 0 Å². The molecule has 0 heterocycles. The van der Waals surface area contributed by atoms with Crippen molar-refractivity contribution >= 4 is 27.8 Å². The van der Waals surface area contributed by atoms with E-state index in [-0.39, 0.29) is 0 Å². The van der Waals surface area contributed by atoms with Crippen molar-refractivity contribution in [1.82, 2.24) is 0 Å². The fourth-order valence-corrected chi connectivity index (χ4v) is 10.8. The fourth-order valence-electron chi connectivity index (χ4n) is 10.8. The summed E-state index contributed by atoms with van der Waals surface area (Å²) < 4.78 is 0. The van der Waals surface area contributed by atoms with E-state index in [0.29, 0.717) is 0 Å². The SMILES string of the molecule is c1ccc(-c2ccc(C34c5ccccc5C(c5ccc(-c6ccccc6)cc5)(c5ccccc53)c3cc(N(c5ccccc5)c5ccc6ccccc6c5)ccc34)cc2)cc1. The van der Waals surface area contributed by atoms with E-state index in [1.807, 2.05) is 0 Å². The highest BCUT2D eigenvalue weighted by Crippen LogP contribution is 2.66. The maximum atomic E-state index is 2.52. The first-order chi connectivity index (χ1) is 30.2. The molecule has 0 aliphatic heterocycles. The zero-order chi connectivity index (χ0) is 40.4. The summed E-state index contributed by atoms with van der Waals surface area (Å²) in [6.07, 6.45) is 0. The average Bonchev–Trinajstić information content (AvgIpc) is 3.35. The molecule has 10 aromatic rings. The molecular weight excluding hydrogens is 735 g/mol. The molecule has 1 heteroatoms. The van der Waals surface area contributed by atoms with Crippen molar-refractivity contribution < 1.29 is 0 Å². The third kappa shape index (κ3) is 5.20. The lowest BCUT2D eigenvalue weighted by atomic mass is 9.44. The highest BCUT2D eigenvalue weighted by molar-refractivity contribution is 5.91. The summed E-state index contributed by atoms with van der Waals surface area (Å²) in [5.41, 5.74) is 17.6. The summed E-state index contributed by atoms with van der Waals surface area (Å²) in [7, 11) is 0. The predicted octanol–water partition coefficient (Wildman–Crippen LogP) is 15.0. The normalized spacial score (nSPS) is 17.0. The molecule has 3 aliphatic rings. The Balaban J connectivity index is 1.16. The summed E-state index contributed by atoms with van der Waals surface area (Å²) in [4.78, 5) is 2.43. The van der Waals surface area contributed by atoms with Crippen LogP contribution in [0.2, 0.25) is 0 Å². The van der Waals surface area contributed by atoms with Gasteiger partial charge in [-0.15, -0.1) is 0 Å². The maximum absolute atomic E-state index is 2.52. The molecule has 13 rings (SSSR count). The highest BCUT2D eigenvalue weighted by atomic mass is 15.1. The van der Waals surface area contributed by atoms with Crippen molar-refractivity contribution in [3.8, 4) is 22.3 Å². The van der Waals surface area contributed by atoms with Gasteiger partial charge in [0.25, 0.3) is 0 Å². The molecule has 0 fully saturated rings. The fraction of sp³-hybridized carbons (Fsp3) is 0.0333. The number of hydrogen-bond donors (Lipinski definition) is 0. The van der Waals surface area contributed by atoms with Crippen LogP contribution >= 0.6 is 0 Å². The standard InChI is InChI=1S/C60H41N/c1-4-16-42(17-5-1)45-28-33-48(34-29-45)59-53-24-12-14-26-55(53)60(56-27-15-13-25-54(56)59,49-35-30-46(31-36-49)43-18-6-2-7-19-43)58-41-52(38-39-57(58)59)61(50-22-8-3-9-23-50)51-37-32-44-20-10-11-21-47(44)40-51/h1-41H. The Bertz CT molecular complexity index is 3170. The second kappa shape index (κ2) is 13.9. The summed E-state index contributed by atoms with van der Waals surface area (Å²) in [5.74, 6) is 0. The summed E-state index contributed by atoms with van der Waals surface area (Å²) in [5, 5.41) is 2.45. The van der Waals surface area contributed by atoms with Crippen LogP contribution < -0.4 is 4.90 Å². The Hall–Kier alpha value is -7.74. The van der Waals surface area contributed by atoms with Gasteiger partial charge in [-0.3, -0.25) is 0 Å². The van der Waals surface area contributed by atoms with E-state index in [1.165, 1.54) is 77.5 Å². The molecule has 0 spiro atoms. The molecule has 2 bridgehead atoms. The minimum absolute atomic E-state index is 0.553. The average molecular weight is 776 g/mol. The van der Waals surface area contributed by atoms with Crippen LogP contribution in [0.25, 0.3) is 33.0 Å². The van der Waals surface area contributed by atoms with Crippen LogP contribution in [0, 0.1) is 0 Å². The molecule has 1 nitrogen and oxygen atoms in total. The van der Waals surface area contributed by atoms with Crippen molar-refractivity contribution in [3.63, 3.8) is 0 Å². The number of nitrogens with zero attached hydrogens (tertiary/aromatic N) is 1. The highest BCUT2D eigenvalue weighted by Gasteiger charge is 2.60. The van der Waals surface area contributed by atoms with Crippen LogP contribution in [0.1, 0.15) is 44.5 Å². The predicted molar refractivity (Wildman–Crippen MR) is 253 cm³/mol. The van der Waals surface area contributed by atoms with Crippen LogP contribution in [-0.2, 0) is 10.8 Å². The minimum atomic E-state index is -0.592. The second-order valence-electron chi connectivity index (χ2n) is 16.4. The monoisotopic (exact) mass is 775 g/mol. The van der Waals surface area contributed by atoms with E-state index in [1.54, 1.807) is 0 Å². The molecule has 61 heavy (non-hydrogen) atoms. The topological polar surface area (TPSA) is 3.24 Å². The van der Waals surface area contributed by atoms with Gasteiger partial charge in [-0.25, -0.2) is 0 Å². The van der Waals surface area contributed by atoms with Gasteiger partial charge in [-0.05, 0) is 114 Å².